The number of ether oxygens (including phenoxy) is 1. The predicted octanol–water partition coefficient (Wildman–Crippen LogP) is 4.95. The van der Waals surface area contributed by atoms with Crippen LogP contribution in [0.15, 0.2) is 79.1 Å². The van der Waals surface area contributed by atoms with Gasteiger partial charge in [-0.15, -0.1) is 0 Å². The van der Waals surface area contributed by atoms with Crippen LogP contribution in [0.2, 0.25) is 0 Å². The largest absolute Gasteiger partial charge is 0.358 e. The van der Waals surface area contributed by atoms with Gasteiger partial charge in [-0.3, -0.25) is 0 Å². The Kier molecular flexibility index (Phi) is 4.72. The highest BCUT2D eigenvalue weighted by molar-refractivity contribution is 5.48. The van der Waals surface area contributed by atoms with Gasteiger partial charge in [0.25, 0.3) is 0 Å². The van der Waals surface area contributed by atoms with Crippen molar-refractivity contribution in [1.29, 1.82) is 0 Å². The number of benzene rings is 3. The normalized spacial score (nSPS) is 18.2. The molecule has 30 heavy (non-hydrogen) atoms. The molecule has 150 valence electrons. The number of aromatic nitrogens is 3. The summed E-state index contributed by atoms with van der Waals surface area (Å²) in [4.78, 5) is 0. The topological polar surface area (TPSA) is 30.9 Å². The lowest BCUT2D eigenvalue weighted by Crippen LogP contribution is -2.49. The van der Waals surface area contributed by atoms with Crippen LogP contribution in [0.25, 0.3) is 5.69 Å². The Bertz CT molecular complexity index is 1160. The molecule has 1 aliphatic heterocycles. The second-order valence-electron chi connectivity index (χ2n) is 8.13. The molecule has 0 radical (unpaired) electrons. The summed E-state index contributed by atoms with van der Waals surface area (Å²) < 4.78 is 10.7. The SMILES string of the molecule is Cc1cc(C)c(-n2c[n+]3c(n2)CO[C@H](c2ccccc2)[C@@H]3c2ccccc2)c(C)c1. The molecule has 4 heteroatoms. The third-order valence-electron chi connectivity index (χ3n) is 5.87. The van der Waals surface area contributed by atoms with E-state index in [0.717, 1.165) is 11.5 Å². The first-order valence-corrected chi connectivity index (χ1v) is 10.4. The van der Waals surface area contributed by atoms with E-state index in [1.165, 1.54) is 27.8 Å². The first-order valence-electron chi connectivity index (χ1n) is 10.4. The van der Waals surface area contributed by atoms with Crippen molar-refractivity contribution >= 4 is 0 Å². The van der Waals surface area contributed by atoms with Gasteiger partial charge in [0, 0.05) is 5.10 Å². The van der Waals surface area contributed by atoms with Crippen LogP contribution in [-0.2, 0) is 11.3 Å². The summed E-state index contributed by atoms with van der Waals surface area (Å²) in [5, 5.41) is 4.93. The van der Waals surface area contributed by atoms with Crippen molar-refractivity contribution in [3.05, 3.63) is 113 Å². The van der Waals surface area contributed by atoms with Crippen LogP contribution in [0, 0.1) is 20.8 Å². The molecule has 0 unspecified atom stereocenters. The van der Waals surface area contributed by atoms with Gasteiger partial charge in [-0.05, 0) is 43.0 Å². The molecule has 0 saturated heterocycles. The molecular weight excluding hydrogens is 370 g/mol. The van der Waals surface area contributed by atoms with Gasteiger partial charge >= 0.3 is 5.82 Å². The molecule has 0 bridgehead atoms. The van der Waals surface area contributed by atoms with Crippen LogP contribution in [0.4, 0.5) is 0 Å². The van der Waals surface area contributed by atoms with Crippen LogP contribution in [0.3, 0.4) is 0 Å². The molecule has 1 aromatic heterocycles. The fourth-order valence-electron chi connectivity index (χ4n) is 4.67. The van der Waals surface area contributed by atoms with E-state index in [1.54, 1.807) is 0 Å². The lowest BCUT2D eigenvalue weighted by atomic mass is 9.94. The van der Waals surface area contributed by atoms with Gasteiger partial charge < -0.3 is 4.74 Å². The van der Waals surface area contributed by atoms with Crippen molar-refractivity contribution < 1.29 is 9.30 Å². The average molecular weight is 397 g/mol. The zero-order chi connectivity index (χ0) is 20.7. The molecule has 0 saturated carbocycles. The summed E-state index contributed by atoms with van der Waals surface area (Å²) in [6.07, 6.45) is 2.07. The summed E-state index contributed by atoms with van der Waals surface area (Å²) in [5.74, 6) is 0.940. The molecule has 1 aliphatic rings. The first-order chi connectivity index (χ1) is 14.6. The highest BCUT2D eigenvalue weighted by Crippen LogP contribution is 2.35. The van der Waals surface area contributed by atoms with E-state index in [-0.39, 0.29) is 12.1 Å². The third kappa shape index (κ3) is 3.23. The van der Waals surface area contributed by atoms with Crippen LogP contribution < -0.4 is 4.57 Å². The second-order valence-corrected chi connectivity index (χ2v) is 8.13. The van der Waals surface area contributed by atoms with E-state index in [4.69, 9.17) is 9.84 Å². The zero-order valence-electron chi connectivity index (χ0n) is 17.6. The molecule has 0 N–H and O–H groups in total. The molecule has 5 rings (SSSR count). The van der Waals surface area contributed by atoms with E-state index in [0.29, 0.717) is 6.61 Å². The minimum atomic E-state index is -0.0658. The van der Waals surface area contributed by atoms with Gasteiger partial charge in [-0.2, -0.15) is 0 Å². The van der Waals surface area contributed by atoms with Crippen molar-refractivity contribution in [1.82, 2.24) is 9.78 Å². The van der Waals surface area contributed by atoms with Gasteiger partial charge in [0.1, 0.15) is 24.4 Å². The third-order valence-corrected chi connectivity index (χ3v) is 5.87. The summed E-state index contributed by atoms with van der Waals surface area (Å²) in [6, 6.07) is 25.5. The molecule has 4 aromatic rings. The fourth-order valence-corrected chi connectivity index (χ4v) is 4.67. The van der Waals surface area contributed by atoms with E-state index < -0.39 is 0 Å². The molecule has 0 aliphatic carbocycles. The molecule has 2 heterocycles. The van der Waals surface area contributed by atoms with E-state index in [1.807, 2.05) is 10.7 Å². The molecule has 0 fully saturated rings. The number of nitrogens with zero attached hydrogens (tertiary/aromatic N) is 3. The van der Waals surface area contributed by atoms with Crippen molar-refractivity contribution in [2.75, 3.05) is 0 Å². The summed E-state index contributed by atoms with van der Waals surface area (Å²) >= 11 is 0. The second kappa shape index (κ2) is 7.54. The molecule has 2 atom stereocenters. The highest BCUT2D eigenvalue weighted by atomic mass is 16.5. The molecular formula is C26H26N3O+. The van der Waals surface area contributed by atoms with Gasteiger partial charge in [-0.25, -0.2) is 4.57 Å². The molecule has 3 aromatic carbocycles. The lowest BCUT2D eigenvalue weighted by Gasteiger charge is -2.30. The Hall–Kier alpha value is -3.24. The summed E-state index contributed by atoms with van der Waals surface area (Å²) in [6.45, 7) is 6.92. The van der Waals surface area contributed by atoms with E-state index >= 15 is 0 Å². The van der Waals surface area contributed by atoms with Crippen LogP contribution >= 0.6 is 0 Å². The van der Waals surface area contributed by atoms with Gasteiger partial charge in [0.15, 0.2) is 0 Å². The van der Waals surface area contributed by atoms with Gasteiger partial charge in [-0.1, -0.05) is 83.0 Å². The lowest BCUT2D eigenvalue weighted by molar-refractivity contribution is -0.742. The number of rotatable bonds is 3. The Morgan fingerprint density at radius 2 is 1.47 bits per heavy atom. The number of fused-ring (bicyclic) bond motifs is 1. The predicted molar refractivity (Wildman–Crippen MR) is 117 cm³/mol. The van der Waals surface area contributed by atoms with Crippen LogP contribution in [-0.4, -0.2) is 9.78 Å². The minimum absolute atomic E-state index is 0.0251. The van der Waals surface area contributed by atoms with Gasteiger partial charge in [0.2, 0.25) is 6.33 Å². The van der Waals surface area contributed by atoms with Crippen LogP contribution in [0.1, 0.15) is 45.8 Å². The number of aryl methyl sites for hydroxylation is 3. The molecule has 0 amide bonds. The van der Waals surface area contributed by atoms with Crippen molar-refractivity contribution in [2.24, 2.45) is 0 Å². The monoisotopic (exact) mass is 396 g/mol. The maximum atomic E-state index is 6.39. The van der Waals surface area contributed by atoms with Crippen molar-refractivity contribution in [3.63, 3.8) is 0 Å². The standard InChI is InChI=1S/C26H26N3O/c1-18-14-19(2)24(20(3)15-18)29-17-28-23(27-29)16-30-26(22-12-8-5-9-13-22)25(28)21-10-6-4-7-11-21/h4-15,17,25-26H,16H2,1-3H3/q+1/t25-,26+/m0/s1. The first kappa shape index (κ1) is 18.8. The zero-order valence-corrected chi connectivity index (χ0v) is 17.6. The number of hydrogen-bond acceptors (Lipinski definition) is 2. The molecule has 4 nitrogen and oxygen atoms in total. The summed E-state index contributed by atoms with van der Waals surface area (Å²) in [5.41, 5.74) is 7.27. The van der Waals surface area contributed by atoms with Crippen molar-refractivity contribution in [2.45, 2.75) is 39.5 Å². The van der Waals surface area contributed by atoms with E-state index in [9.17, 15) is 0 Å². The smallest absolute Gasteiger partial charge is 0.304 e. The van der Waals surface area contributed by atoms with Crippen molar-refractivity contribution in [3.8, 4) is 5.69 Å². The maximum Gasteiger partial charge on any atom is 0.304 e. The quantitative estimate of drug-likeness (QED) is 0.459. The fraction of sp³-hybridized carbons (Fsp3) is 0.231. The van der Waals surface area contributed by atoms with E-state index in [2.05, 4.69) is 98.4 Å². The Morgan fingerprint density at radius 1 is 0.867 bits per heavy atom. The molecule has 0 spiro atoms. The minimum Gasteiger partial charge on any atom is -0.358 e. The summed E-state index contributed by atoms with van der Waals surface area (Å²) in [7, 11) is 0. The Balaban J connectivity index is 1.66. The number of hydrogen-bond donors (Lipinski definition) is 0. The average Bonchev–Trinajstić information content (AvgIpc) is 3.17. The highest BCUT2D eigenvalue weighted by Gasteiger charge is 2.39. The maximum absolute atomic E-state index is 6.39. The Labute approximate surface area is 177 Å². The Morgan fingerprint density at radius 3 is 2.10 bits per heavy atom. The van der Waals surface area contributed by atoms with Crippen LogP contribution in [0.5, 0.6) is 0 Å². The van der Waals surface area contributed by atoms with Gasteiger partial charge in [0.05, 0.1) is 0 Å².